The van der Waals surface area contributed by atoms with E-state index in [0.717, 1.165) is 36.0 Å². The quantitative estimate of drug-likeness (QED) is 0.282. The van der Waals surface area contributed by atoms with Crippen LogP contribution >= 0.6 is 0 Å². The first-order valence-electron chi connectivity index (χ1n) is 10.4. The van der Waals surface area contributed by atoms with Crippen LogP contribution < -0.4 is 11.1 Å². The van der Waals surface area contributed by atoms with E-state index in [2.05, 4.69) is 68.4 Å². The number of hydrogen-bond acceptors (Lipinski definition) is 5. The average Bonchev–Trinajstić information content (AvgIpc) is 3.40. The Bertz CT molecular complexity index is 1300. The van der Waals surface area contributed by atoms with Crippen molar-refractivity contribution in [3.8, 4) is 11.1 Å². The summed E-state index contributed by atoms with van der Waals surface area (Å²) >= 11 is 0. The highest BCUT2D eigenvalue weighted by molar-refractivity contribution is 5.94. The number of nitrogens with zero attached hydrogens (tertiary/aromatic N) is 3. The number of rotatable bonds is 7. The van der Waals surface area contributed by atoms with Crippen molar-refractivity contribution >= 4 is 34.6 Å². The minimum absolute atomic E-state index is 0.245. The number of aromatic amines is 1. The van der Waals surface area contributed by atoms with Gasteiger partial charge in [0.15, 0.2) is 0 Å². The minimum atomic E-state index is 0.245. The van der Waals surface area contributed by atoms with E-state index < -0.39 is 0 Å². The molecular formula is C25H24N6. The standard InChI is InChI=1S/C25H24N6/c1-2-3-4-5-17-14-29-23-7-6-16(11-21(17)23)20-12-19(10-18-13-27-15-22(18)20)30-24-8-9-28-25(26)31-24/h2,6-14,29H,1,3-5,15H2,(H3,26,28,30,31). The monoisotopic (exact) mass is 408 g/mol. The highest BCUT2D eigenvalue weighted by Crippen LogP contribution is 2.35. The molecular weight excluding hydrogens is 384 g/mol. The van der Waals surface area contributed by atoms with Gasteiger partial charge in [0.05, 0.1) is 6.54 Å². The number of anilines is 3. The van der Waals surface area contributed by atoms with Gasteiger partial charge in [-0.2, -0.15) is 4.98 Å². The maximum atomic E-state index is 5.73. The van der Waals surface area contributed by atoms with Gasteiger partial charge in [-0.1, -0.05) is 12.1 Å². The number of fused-ring (bicyclic) bond motifs is 2. The zero-order chi connectivity index (χ0) is 21.2. The average molecular weight is 409 g/mol. The number of H-pyrrole nitrogens is 1. The van der Waals surface area contributed by atoms with E-state index in [0.29, 0.717) is 12.4 Å². The van der Waals surface area contributed by atoms with Crippen LogP contribution in [0.4, 0.5) is 17.5 Å². The van der Waals surface area contributed by atoms with Crippen LogP contribution in [0.2, 0.25) is 0 Å². The summed E-state index contributed by atoms with van der Waals surface area (Å²) in [7, 11) is 0. The second kappa shape index (κ2) is 8.07. The molecule has 0 unspecified atom stereocenters. The summed E-state index contributed by atoms with van der Waals surface area (Å²) in [4.78, 5) is 16.1. The van der Waals surface area contributed by atoms with E-state index in [-0.39, 0.29) is 5.95 Å². The van der Waals surface area contributed by atoms with E-state index in [4.69, 9.17) is 5.73 Å². The number of aromatic nitrogens is 3. The molecule has 154 valence electrons. The van der Waals surface area contributed by atoms with Crippen molar-refractivity contribution in [3.05, 3.63) is 78.1 Å². The molecule has 0 aliphatic carbocycles. The Kier molecular flexibility index (Phi) is 4.96. The van der Waals surface area contributed by atoms with E-state index in [1.54, 1.807) is 12.3 Å². The van der Waals surface area contributed by atoms with Crippen LogP contribution in [0.1, 0.15) is 29.5 Å². The Morgan fingerprint density at radius 3 is 3.00 bits per heavy atom. The van der Waals surface area contributed by atoms with E-state index in [9.17, 15) is 0 Å². The first kappa shape index (κ1) is 19.1. The molecule has 1 aliphatic rings. The van der Waals surface area contributed by atoms with E-state index >= 15 is 0 Å². The van der Waals surface area contributed by atoms with Gasteiger partial charge in [0.1, 0.15) is 5.82 Å². The molecule has 4 N–H and O–H groups in total. The summed E-state index contributed by atoms with van der Waals surface area (Å²) in [6.07, 6.45) is 10.9. The Hall–Kier alpha value is -3.93. The van der Waals surface area contributed by atoms with Crippen molar-refractivity contribution in [1.82, 2.24) is 15.0 Å². The van der Waals surface area contributed by atoms with Crippen LogP contribution in [0.25, 0.3) is 22.0 Å². The maximum absolute atomic E-state index is 5.73. The molecule has 1 aliphatic heterocycles. The van der Waals surface area contributed by atoms with Crippen LogP contribution in [0.3, 0.4) is 0 Å². The third kappa shape index (κ3) is 3.80. The first-order valence-corrected chi connectivity index (χ1v) is 10.4. The fraction of sp³-hybridized carbons (Fsp3) is 0.160. The topological polar surface area (TPSA) is 92.0 Å². The number of nitrogens with two attached hydrogens (primary N) is 1. The number of benzene rings is 2. The third-order valence-corrected chi connectivity index (χ3v) is 5.64. The van der Waals surface area contributed by atoms with Crippen LogP contribution in [-0.4, -0.2) is 21.2 Å². The molecule has 0 bridgehead atoms. The highest BCUT2D eigenvalue weighted by atomic mass is 15.1. The van der Waals surface area contributed by atoms with Crippen molar-refractivity contribution in [2.24, 2.45) is 4.99 Å². The smallest absolute Gasteiger partial charge is 0.221 e. The molecule has 4 aromatic rings. The second-order valence-electron chi connectivity index (χ2n) is 7.74. The number of unbranched alkanes of at least 4 members (excludes halogenated alkanes) is 1. The van der Waals surface area contributed by atoms with Crippen molar-refractivity contribution in [3.63, 3.8) is 0 Å². The Morgan fingerprint density at radius 1 is 1.19 bits per heavy atom. The summed E-state index contributed by atoms with van der Waals surface area (Å²) in [5.74, 6) is 0.911. The number of allylic oxidation sites excluding steroid dienone is 1. The molecule has 2 aromatic heterocycles. The molecule has 0 saturated carbocycles. The summed E-state index contributed by atoms with van der Waals surface area (Å²) < 4.78 is 0. The van der Waals surface area contributed by atoms with Crippen molar-refractivity contribution in [2.45, 2.75) is 25.8 Å². The lowest BCUT2D eigenvalue weighted by atomic mass is 9.94. The summed E-state index contributed by atoms with van der Waals surface area (Å²) in [5.41, 5.74) is 13.9. The van der Waals surface area contributed by atoms with E-state index in [1.807, 2.05) is 12.3 Å². The minimum Gasteiger partial charge on any atom is -0.368 e. The SMILES string of the molecule is C=CCCCc1c[nH]c2ccc(-c3cc(Nc4ccnc(N)n4)cc4c3CN=C4)cc12. The molecule has 0 atom stereocenters. The predicted octanol–water partition coefficient (Wildman–Crippen LogP) is 5.39. The molecule has 5 rings (SSSR count). The molecule has 31 heavy (non-hydrogen) atoms. The lowest BCUT2D eigenvalue weighted by Gasteiger charge is -2.13. The van der Waals surface area contributed by atoms with Crippen molar-refractivity contribution in [1.29, 1.82) is 0 Å². The van der Waals surface area contributed by atoms with Gasteiger partial charge >= 0.3 is 0 Å². The number of aryl methyl sites for hydroxylation is 1. The maximum Gasteiger partial charge on any atom is 0.221 e. The third-order valence-electron chi connectivity index (χ3n) is 5.64. The first-order chi connectivity index (χ1) is 15.2. The normalized spacial score (nSPS) is 12.3. The molecule has 0 fully saturated rings. The number of aliphatic imine (C=N–C) groups is 1. The zero-order valence-corrected chi connectivity index (χ0v) is 17.2. The van der Waals surface area contributed by atoms with Crippen molar-refractivity contribution in [2.75, 3.05) is 11.1 Å². The van der Waals surface area contributed by atoms with Crippen LogP contribution in [-0.2, 0) is 13.0 Å². The molecule has 6 heteroatoms. The lowest BCUT2D eigenvalue weighted by molar-refractivity contribution is 0.849. The second-order valence-corrected chi connectivity index (χ2v) is 7.74. The molecule has 6 nitrogen and oxygen atoms in total. The summed E-state index contributed by atoms with van der Waals surface area (Å²) in [6, 6.07) is 12.7. The predicted molar refractivity (Wildman–Crippen MR) is 128 cm³/mol. The van der Waals surface area contributed by atoms with Gasteiger partial charge in [0, 0.05) is 40.8 Å². The number of nitrogen functional groups attached to an aromatic ring is 1. The van der Waals surface area contributed by atoms with Gasteiger partial charge in [-0.15, -0.1) is 6.58 Å². The van der Waals surface area contributed by atoms with Gasteiger partial charge < -0.3 is 16.0 Å². The van der Waals surface area contributed by atoms with Crippen LogP contribution in [0.5, 0.6) is 0 Å². The van der Waals surface area contributed by atoms with Gasteiger partial charge in [-0.05, 0) is 71.8 Å². The summed E-state index contributed by atoms with van der Waals surface area (Å²) in [6.45, 7) is 4.53. The van der Waals surface area contributed by atoms with E-state index in [1.165, 1.54) is 27.6 Å². The number of hydrogen-bond donors (Lipinski definition) is 3. The van der Waals surface area contributed by atoms with Crippen LogP contribution in [0.15, 0.2) is 66.4 Å². The van der Waals surface area contributed by atoms with Crippen LogP contribution in [0, 0.1) is 0 Å². The Morgan fingerprint density at radius 2 is 2.13 bits per heavy atom. The molecule has 3 heterocycles. The fourth-order valence-electron chi connectivity index (χ4n) is 4.13. The molecule has 2 aromatic carbocycles. The van der Waals surface area contributed by atoms with Gasteiger partial charge in [0.25, 0.3) is 0 Å². The zero-order valence-electron chi connectivity index (χ0n) is 17.2. The Balaban J connectivity index is 1.55. The lowest BCUT2D eigenvalue weighted by Crippen LogP contribution is -2.00. The Labute approximate surface area is 181 Å². The molecule has 0 spiro atoms. The fourth-order valence-corrected chi connectivity index (χ4v) is 4.13. The molecule has 0 amide bonds. The highest BCUT2D eigenvalue weighted by Gasteiger charge is 2.16. The number of nitrogens with one attached hydrogen (secondary N) is 2. The van der Waals surface area contributed by atoms with Gasteiger partial charge in [-0.3, -0.25) is 4.99 Å². The largest absolute Gasteiger partial charge is 0.368 e. The summed E-state index contributed by atoms with van der Waals surface area (Å²) in [5, 5.41) is 4.63. The molecule has 0 radical (unpaired) electrons. The van der Waals surface area contributed by atoms with Gasteiger partial charge in [-0.25, -0.2) is 4.98 Å². The van der Waals surface area contributed by atoms with Gasteiger partial charge in [0.2, 0.25) is 5.95 Å². The van der Waals surface area contributed by atoms with Crippen molar-refractivity contribution < 1.29 is 0 Å². The molecule has 0 saturated heterocycles.